The molecule has 1 aliphatic carbocycles. The third kappa shape index (κ3) is 3.09. The van der Waals surface area contributed by atoms with Crippen LogP contribution in [0, 0.1) is 0 Å². The first-order chi connectivity index (χ1) is 5.70. The Bertz CT molecular complexity index is 128. The van der Waals surface area contributed by atoms with Gasteiger partial charge >= 0.3 is 0 Å². The van der Waals surface area contributed by atoms with Crippen LogP contribution < -0.4 is 5.32 Å². The molecule has 1 fully saturated rings. The Kier molecular flexibility index (Phi) is 3.98. The van der Waals surface area contributed by atoms with Crippen molar-refractivity contribution < 1.29 is 10.2 Å². The number of hydrogen-bond acceptors (Lipinski definition) is 3. The number of rotatable bonds is 4. The molecule has 0 aromatic carbocycles. The number of aliphatic hydroxyl groups is 2. The highest BCUT2D eigenvalue weighted by molar-refractivity contribution is 4.82. The Hall–Kier alpha value is -0.120. The quantitative estimate of drug-likeness (QED) is 0.571. The first-order valence-electron chi connectivity index (χ1n) is 4.79. The molecule has 3 heteroatoms. The van der Waals surface area contributed by atoms with Crippen LogP contribution >= 0.6 is 0 Å². The summed E-state index contributed by atoms with van der Waals surface area (Å²) in [4.78, 5) is 0. The molecule has 12 heavy (non-hydrogen) atoms. The Morgan fingerprint density at radius 2 is 2.25 bits per heavy atom. The Morgan fingerprint density at radius 1 is 1.50 bits per heavy atom. The first kappa shape index (κ1) is 9.96. The third-order valence-corrected chi connectivity index (χ3v) is 2.45. The van der Waals surface area contributed by atoms with Crippen LogP contribution in [0.25, 0.3) is 0 Å². The van der Waals surface area contributed by atoms with Gasteiger partial charge in [-0.2, -0.15) is 0 Å². The summed E-state index contributed by atoms with van der Waals surface area (Å²) in [5, 5.41) is 21.7. The average Bonchev–Trinajstić information content (AvgIpc) is 2.36. The lowest BCUT2D eigenvalue weighted by Crippen LogP contribution is -2.36. The summed E-state index contributed by atoms with van der Waals surface area (Å²) in [5.74, 6) is 0. The van der Waals surface area contributed by atoms with Crippen LogP contribution in [0.5, 0.6) is 0 Å². The molecule has 1 rings (SSSR count). The van der Waals surface area contributed by atoms with E-state index in [1.54, 1.807) is 6.92 Å². The SMILES string of the molecule is CC(O)CCNC1CCCC1O. The van der Waals surface area contributed by atoms with Crippen LogP contribution in [0.3, 0.4) is 0 Å². The van der Waals surface area contributed by atoms with Crippen molar-refractivity contribution in [1.82, 2.24) is 5.32 Å². The van der Waals surface area contributed by atoms with Gasteiger partial charge in [-0.15, -0.1) is 0 Å². The van der Waals surface area contributed by atoms with Gasteiger partial charge in [-0.05, 0) is 39.2 Å². The lowest BCUT2D eigenvalue weighted by Gasteiger charge is -2.16. The molecule has 72 valence electrons. The van der Waals surface area contributed by atoms with Crippen LogP contribution in [-0.2, 0) is 0 Å². The molecule has 0 aliphatic heterocycles. The molecule has 0 aromatic rings. The molecular formula is C9H19NO2. The van der Waals surface area contributed by atoms with Gasteiger partial charge in [0.05, 0.1) is 12.2 Å². The van der Waals surface area contributed by atoms with E-state index in [2.05, 4.69) is 5.32 Å². The fourth-order valence-corrected chi connectivity index (χ4v) is 1.66. The maximum Gasteiger partial charge on any atom is 0.0693 e. The van der Waals surface area contributed by atoms with E-state index in [1.165, 1.54) is 0 Å². The minimum atomic E-state index is -0.240. The molecule has 3 nitrogen and oxygen atoms in total. The number of aliphatic hydroxyl groups excluding tert-OH is 2. The highest BCUT2D eigenvalue weighted by Crippen LogP contribution is 2.18. The van der Waals surface area contributed by atoms with Crippen LogP contribution in [-0.4, -0.2) is 35.0 Å². The van der Waals surface area contributed by atoms with Crippen molar-refractivity contribution in [3.05, 3.63) is 0 Å². The monoisotopic (exact) mass is 173 g/mol. The molecule has 0 bridgehead atoms. The topological polar surface area (TPSA) is 52.5 Å². The fourth-order valence-electron chi connectivity index (χ4n) is 1.66. The van der Waals surface area contributed by atoms with Crippen molar-refractivity contribution in [3.8, 4) is 0 Å². The van der Waals surface area contributed by atoms with Crippen LogP contribution in [0.1, 0.15) is 32.6 Å². The summed E-state index contributed by atoms with van der Waals surface area (Å²) in [7, 11) is 0. The summed E-state index contributed by atoms with van der Waals surface area (Å²) in [5.41, 5.74) is 0. The molecule has 0 radical (unpaired) electrons. The smallest absolute Gasteiger partial charge is 0.0693 e. The van der Waals surface area contributed by atoms with Crippen molar-refractivity contribution in [2.24, 2.45) is 0 Å². The fraction of sp³-hybridized carbons (Fsp3) is 1.00. The molecule has 0 spiro atoms. The Balaban J connectivity index is 2.06. The van der Waals surface area contributed by atoms with E-state index in [4.69, 9.17) is 5.11 Å². The van der Waals surface area contributed by atoms with E-state index >= 15 is 0 Å². The van der Waals surface area contributed by atoms with Crippen LogP contribution in [0.2, 0.25) is 0 Å². The van der Waals surface area contributed by atoms with Crippen molar-refractivity contribution in [2.75, 3.05) is 6.54 Å². The normalized spacial score (nSPS) is 32.2. The van der Waals surface area contributed by atoms with Crippen molar-refractivity contribution in [1.29, 1.82) is 0 Å². The lowest BCUT2D eigenvalue weighted by molar-refractivity contribution is 0.141. The summed E-state index contributed by atoms with van der Waals surface area (Å²) in [6.07, 6.45) is 3.47. The molecule has 1 saturated carbocycles. The summed E-state index contributed by atoms with van der Waals surface area (Å²) >= 11 is 0. The van der Waals surface area contributed by atoms with E-state index in [1.807, 2.05) is 0 Å². The standard InChI is InChI=1S/C9H19NO2/c1-7(11)5-6-10-8-3-2-4-9(8)12/h7-12H,2-6H2,1H3. The van der Waals surface area contributed by atoms with Gasteiger partial charge in [0.25, 0.3) is 0 Å². The van der Waals surface area contributed by atoms with E-state index in [0.29, 0.717) is 0 Å². The Morgan fingerprint density at radius 3 is 2.75 bits per heavy atom. The largest absolute Gasteiger partial charge is 0.393 e. The maximum atomic E-state index is 9.43. The van der Waals surface area contributed by atoms with E-state index in [-0.39, 0.29) is 18.2 Å². The second-order valence-corrected chi connectivity index (χ2v) is 3.70. The molecule has 1 aliphatic rings. The number of hydrogen-bond donors (Lipinski definition) is 3. The van der Waals surface area contributed by atoms with Crippen molar-refractivity contribution in [3.63, 3.8) is 0 Å². The molecule has 0 amide bonds. The van der Waals surface area contributed by atoms with Crippen molar-refractivity contribution >= 4 is 0 Å². The predicted octanol–water partition coefficient (Wildman–Crippen LogP) is 0.260. The van der Waals surface area contributed by atoms with Gasteiger partial charge in [-0.1, -0.05) is 0 Å². The van der Waals surface area contributed by atoms with Crippen LogP contribution in [0.4, 0.5) is 0 Å². The second-order valence-electron chi connectivity index (χ2n) is 3.70. The average molecular weight is 173 g/mol. The lowest BCUT2D eigenvalue weighted by atomic mass is 10.2. The second kappa shape index (κ2) is 4.80. The zero-order valence-electron chi connectivity index (χ0n) is 7.66. The minimum absolute atomic E-state index is 0.168. The number of nitrogens with one attached hydrogen (secondary N) is 1. The molecule has 3 unspecified atom stereocenters. The minimum Gasteiger partial charge on any atom is -0.393 e. The third-order valence-electron chi connectivity index (χ3n) is 2.45. The van der Waals surface area contributed by atoms with Gasteiger partial charge in [0.2, 0.25) is 0 Å². The molecule has 3 atom stereocenters. The summed E-state index contributed by atoms with van der Waals surface area (Å²) in [6.45, 7) is 2.59. The highest BCUT2D eigenvalue weighted by Gasteiger charge is 2.23. The van der Waals surface area contributed by atoms with Crippen molar-refractivity contribution in [2.45, 2.75) is 50.9 Å². The first-order valence-corrected chi connectivity index (χ1v) is 4.79. The van der Waals surface area contributed by atoms with Crippen LogP contribution in [0.15, 0.2) is 0 Å². The summed E-state index contributed by atoms with van der Waals surface area (Å²) < 4.78 is 0. The van der Waals surface area contributed by atoms with Gasteiger partial charge in [0.15, 0.2) is 0 Å². The maximum absolute atomic E-state index is 9.43. The predicted molar refractivity (Wildman–Crippen MR) is 47.9 cm³/mol. The molecule has 0 heterocycles. The van der Waals surface area contributed by atoms with Gasteiger partial charge in [-0.25, -0.2) is 0 Å². The highest BCUT2D eigenvalue weighted by atomic mass is 16.3. The molecule has 0 saturated heterocycles. The van der Waals surface area contributed by atoms with Gasteiger partial charge < -0.3 is 15.5 Å². The molecule has 0 aromatic heterocycles. The summed E-state index contributed by atoms with van der Waals surface area (Å²) in [6, 6.07) is 0.267. The van der Waals surface area contributed by atoms with E-state index in [0.717, 1.165) is 32.2 Å². The van der Waals surface area contributed by atoms with Gasteiger partial charge in [-0.3, -0.25) is 0 Å². The molecular weight excluding hydrogens is 154 g/mol. The molecule has 3 N–H and O–H groups in total. The zero-order valence-corrected chi connectivity index (χ0v) is 7.66. The Labute approximate surface area is 73.8 Å². The van der Waals surface area contributed by atoms with E-state index < -0.39 is 0 Å². The van der Waals surface area contributed by atoms with Gasteiger partial charge in [0.1, 0.15) is 0 Å². The van der Waals surface area contributed by atoms with E-state index in [9.17, 15) is 5.11 Å². The zero-order chi connectivity index (χ0) is 8.97. The van der Waals surface area contributed by atoms with Gasteiger partial charge in [0, 0.05) is 6.04 Å².